The summed E-state index contributed by atoms with van der Waals surface area (Å²) in [5, 5.41) is 2.65. The normalized spacial score (nSPS) is 13.8. The molecule has 0 spiro atoms. The summed E-state index contributed by atoms with van der Waals surface area (Å²) >= 11 is 0. The van der Waals surface area contributed by atoms with Crippen LogP contribution in [0, 0.1) is 0 Å². The number of hydrogen-bond donors (Lipinski definition) is 1. The fourth-order valence-corrected chi connectivity index (χ4v) is 2.26. The minimum absolute atomic E-state index is 0.131. The number of nitrogens with zero attached hydrogens (tertiary/aromatic N) is 2. The van der Waals surface area contributed by atoms with Gasteiger partial charge in [-0.3, -0.25) is 24.1 Å². The molecule has 2 rings (SSSR count). The number of likely N-dealkylation sites (tertiary alicyclic amines) is 1. The second-order valence-corrected chi connectivity index (χ2v) is 5.40. The van der Waals surface area contributed by atoms with Crippen LogP contribution in [0.4, 0.5) is 5.69 Å². The fraction of sp³-hybridized carbons (Fsp3) is 0.375. The van der Waals surface area contributed by atoms with E-state index in [0.29, 0.717) is 11.4 Å². The highest BCUT2D eigenvalue weighted by molar-refractivity contribution is 6.04. The molecule has 0 unspecified atom stereocenters. The minimum Gasteiger partial charge on any atom is -0.497 e. The van der Waals surface area contributed by atoms with E-state index in [4.69, 9.17) is 4.74 Å². The number of benzene rings is 1. The van der Waals surface area contributed by atoms with Gasteiger partial charge < -0.3 is 15.0 Å². The molecule has 1 aromatic rings. The SMILES string of the molecule is COc1cccc(NC(=O)CN(C)C(=O)CN2C(=O)CCC2=O)c1. The highest BCUT2D eigenvalue weighted by atomic mass is 16.5. The Morgan fingerprint density at radius 2 is 1.92 bits per heavy atom. The van der Waals surface area contributed by atoms with Gasteiger partial charge in [0.25, 0.3) is 0 Å². The van der Waals surface area contributed by atoms with Gasteiger partial charge in [-0.1, -0.05) is 6.07 Å². The average Bonchev–Trinajstić information content (AvgIpc) is 2.86. The van der Waals surface area contributed by atoms with Crippen LogP contribution in [0.25, 0.3) is 0 Å². The number of amides is 4. The molecule has 0 radical (unpaired) electrons. The zero-order chi connectivity index (χ0) is 17.7. The molecule has 128 valence electrons. The molecule has 1 aliphatic rings. The highest BCUT2D eigenvalue weighted by Gasteiger charge is 2.31. The largest absolute Gasteiger partial charge is 0.497 e. The van der Waals surface area contributed by atoms with E-state index in [1.54, 1.807) is 24.3 Å². The number of rotatable bonds is 6. The molecule has 1 fully saturated rings. The summed E-state index contributed by atoms with van der Waals surface area (Å²) in [5.74, 6) is -0.981. The first-order chi connectivity index (χ1) is 11.4. The van der Waals surface area contributed by atoms with Crippen molar-refractivity contribution in [1.29, 1.82) is 0 Å². The Morgan fingerprint density at radius 3 is 2.54 bits per heavy atom. The molecule has 1 heterocycles. The van der Waals surface area contributed by atoms with Gasteiger partial charge in [0, 0.05) is 31.6 Å². The number of nitrogens with one attached hydrogen (secondary N) is 1. The van der Waals surface area contributed by atoms with Gasteiger partial charge in [0.1, 0.15) is 12.3 Å². The van der Waals surface area contributed by atoms with Crippen molar-refractivity contribution >= 4 is 29.3 Å². The Bertz CT molecular complexity index is 657. The van der Waals surface area contributed by atoms with Gasteiger partial charge in [-0.15, -0.1) is 0 Å². The molecule has 0 aliphatic carbocycles. The second-order valence-electron chi connectivity index (χ2n) is 5.40. The zero-order valence-electron chi connectivity index (χ0n) is 13.6. The molecule has 1 N–H and O–H groups in total. The Hall–Kier alpha value is -2.90. The second kappa shape index (κ2) is 7.58. The summed E-state index contributed by atoms with van der Waals surface area (Å²) in [6.45, 7) is -0.521. The van der Waals surface area contributed by atoms with Crippen LogP contribution < -0.4 is 10.1 Å². The van der Waals surface area contributed by atoms with Gasteiger partial charge in [-0.05, 0) is 12.1 Å². The molecule has 8 heteroatoms. The van der Waals surface area contributed by atoms with Gasteiger partial charge in [-0.25, -0.2) is 0 Å². The maximum Gasteiger partial charge on any atom is 0.243 e. The van der Waals surface area contributed by atoms with Crippen LogP contribution in [0.5, 0.6) is 5.75 Å². The van der Waals surface area contributed by atoms with Crippen molar-refractivity contribution in [3.05, 3.63) is 24.3 Å². The quantitative estimate of drug-likeness (QED) is 0.753. The molecule has 4 amide bonds. The van der Waals surface area contributed by atoms with Crippen molar-refractivity contribution in [1.82, 2.24) is 9.80 Å². The van der Waals surface area contributed by atoms with Crippen molar-refractivity contribution in [2.75, 3.05) is 32.6 Å². The fourth-order valence-electron chi connectivity index (χ4n) is 2.26. The molecule has 0 saturated carbocycles. The lowest BCUT2D eigenvalue weighted by atomic mass is 10.3. The predicted molar refractivity (Wildman–Crippen MR) is 85.2 cm³/mol. The van der Waals surface area contributed by atoms with Gasteiger partial charge in [-0.2, -0.15) is 0 Å². The predicted octanol–water partition coefficient (Wildman–Crippen LogP) is 0.241. The Balaban J connectivity index is 1.87. The van der Waals surface area contributed by atoms with Crippen molar-refractivity contribution in [2.24, 2.45) is 0 Å². The van der Waals surface area contributed by atoms with Crippen molar-refractivity contribution < 1.29 is 23.9 Å². The monoisotopic (exact) mass is 333 g/mol. The molecule has 1 aromatic carbocycles. The molecule has 0 atom stereocenters. The lowest BCUT2D eigenvalue weighted by Gasteiger charge is -2.20. The van der Waals surface area contributed by atoms with Gasteiger partial charge in [0.2, 0.25) is 23.6 Å². The summed E-state index contributed by atoms with van der Waals surface area (Å²) in [7, 11) is 2.97. The zero-order valence-corrected chi connectivity index (χ0v) is 13.6. The van der Waals surface area contributed by atoms with Crippen molar-refractivity contribution in [3.63, 3.8) is 0 Å². The van der Waals surface area contributed by atoms with E-state index in [-0.39, 0.29) is 37.7 Å². The average molecular weight is 333 g/mol. The van der Waals surface area contributed by atoms with E-state index in [0.717, 1.165) is 4.90 Å². The maximum absolute atomic E-state index is 12.1. The number of likely N-dealkylation sites (N-methyl/N-ethyl adjacent to an activating group) is 1. The molecular formula is C16H19N3O5. The molecule has 24 heavy (non-hydrogen) atoms. The van der Waals surface area contributed by atoms with Crippen LogP contribution in [0.15, 0.2) is 24.3 Å². The van der Waals surface area contributed by atoms with Crippen LogP contribution in [0.3, 0.4) is 0 Å². The highest BCUT2D eigenvalue weighted by Crippen LogP contribution is 2.16. The summed E-state index contributed by atoms with van der Waals surface area (Å²) in [4.78, 5) is 49.2. The third-order valence-corrected chi connectivity index (χ3v) is 3.61. The number of imide groups is 1. The van der Waals surface area contributed by atoms with E-state index < -0.39 is 11.8 Å². The lowest BCUT2D eigenvalue weighted by Crippen LogP contribution is -2.43. The summed E-state index contributed by atoms with van der Waals surface area (Å²) in [6.07, 6.45) is 0.262. The van der Waals surface area contributed by atoms with Gasteiger partial charge in [0.15, 0.2) is 0 Å². The van der Waals surface area contributed by atoms with E-state index in [9.17, 15) is 19.2 Å². The Morgan fingerprint density at radius 1 is 1.25 bits per heavy atom. The minimum atomic E-state index is -0.473. The molecule has 1 aliphatic heterocycles. The van der Waals surface area contributed by atoms with Gasteiger partial charge >= 0.3 is 0 Å². The molecular weight excluding hydrogens is 314 g/mol. The third-order valence-electron chi connectivity index (χ3n) is 3.61. The van der Waals surface area contributed by atoms with Crippen LogP contribution in [-0.4, -0.2) is 60.7 Å². The Kier molecular flexibility index (Phi) is 5.51. The number of hydrogen-bond acceptors (Lipinski definition) is 5. The number of methoxy groups -OCH3 is 1. The summed E-state index contributed by atoms with van der Waals surface area (Å²) in [5.41, 5.74) is 0.546. The van der Waals surface area contributed by atoms with Crippen LogP contribution >= 0.6 is 0 Å². The number of carbonyl (C=O) groups excluding carboxylic acids is 4. The Labute approximate surface area is 139 Å². The first kappa shape index (κ1) is 17.5. The van der Waals surface area contributed by atoms with Crippen molar-refractivity contribution in [2.45, 2.75) is 12.8 Å². The summed E-state index contributed by atoms with van der Waals surface area (Å²) < 4.78 is 5.07. The van der Waals surface area contributed by atoms with E-state index in [1.165, 1.54) is 19.1 Å². The van der Waals surface area contributed by atoms with E-state index in [2.05, 4.69) is 5.32 Å². The van der Waals surface area contributed by atoms with Gasteiger partial charge in [0.05, 0.1) is 13.7 Å². The number of carbonyl (C=O) groups is 4. The lowest BCUT2D eigenvalue weighted by molar-refractivity contribution is -0.145. The molecule has 0 bridgehead atoms. The maximum atomic E-state index is 12.1. The van der Waals surface area contributed by atoms with Crippen molar-refractivity contribution in [3.8, 4) is 5.75 Å². The standard InChI is InChI=1S/C16H19N3O5/c1-18(16(23)10-19-14(21)6-7-15(19)22)9-13(20)17-11-4-3-5-12(8-11)24-2/h3-5,8H,6-7,9-10H2,1-2H3,(H,17,20). The first-order valence-corrected chi connectivity index (χ1v) is 7.41. The number of anilines is 1. The van der Waals surface area contributed by atoms with Crippen LogP contribution in [0.2, 0.25) is 0 Å². The topological polar surface area (TPSA) is 96.0 Å². The third kappa shape index (κ3) is 4.31. The van der Waals surface area contributed by atoms with Crippen LogP contribution in [-0.2, 0) is 19.2 Å². The molecule has 0 aromatic heterocycles. The first-order valence-electron chi connectivity index (χ1n) is 7.41. The molecule has 8 nitrogen and oxygen atoms in total. The smallest absolute Gasteiger partial charge is 0.243 e. The van der Waals surface area contributed by atoms with Crippen LogP contribution in [0.1, 0.15) is 12.8 Å². The van der Waals surface area contributed by atoms with E-state index in [1.807, 2.05) is 0 Å². The van der Waals surface area contributed by atoms with E-state index >= 15 is 0 Å². The summed E-state index contributed by atoms with van der Waals surface area (Å²) in [6, 6.07) is 6.83. The molecule has 1 saturated heterocycles. The number of ether oxygens (including phenoxy) is 1.